The van der Waals surface area contributed by atoms with E-state index in [1.807, 2.05) is 12.1 Å². The molecule has 36 heavy (non-hydrogen) atoms. The Kier molecular flexibility index (Phi) is 6.90. The number of rotatable bonds is 6. The third-order valence-corrected chi connectivity index (χ3v) is 6.91. The number of halogens is 4. The fourth-order valence-corrected chi connectivity index (χ4v) is 5.34. The van der Waals surface area contributed by atoms with Crippen LogP contribution >= 0.6 is 0 Å². The van der Waals surface area contributed by atoms with Gasteiger partial charge in [0.05, 0.1) is 6.10 Å². The summed E-state index contributed by atoms with van der Waals surface area (Å²) in [5.74, 6) is -2.09. The predicted octanol–water partition coefficient (Wildman–Crippen LogP) is 5.84. The number of aliphatic hydroxyl groups is 1. The van der Waals surface area contributed by atoms with Crippen LogP contribution in [-0.4, -0.2) is 28.7 Å². The van der Waals surface area contributed by atoms with E-state index in [0.717, 1.165) is 36.2 Å². The molecule has 2 heterocycles. The van der Waals surface area contributed by atoms with Crippen LogP contribution in [-0.2, 0) is 19.6 Å². The average molecular weight is 502 g/mol. The number of nitrogens with zero attached hydrogens (tertiary/aromatic N) is 1. The van der Waals surface area contributed by atoms with E-state index in [-0.39, 0.29) is 25.3 Å². The summed E-state index contributed by atoms with van der Waals surface area (Å²) >= 11 is 0. The molecule has 1 fully saturated rings. The average Bonchev–Trinajstić information content (AvgIpc) is 2.79. The Morgan fingerprint density at radius 1 is 0.778 bits per heavy atom. The standard InChI is InChI=1S/C28H27F4NO3/c1-16-4-24(34)12-26-25-13-28(36-15-18-7-22(31)11-23(32)8-18)27(9-19(25)2-3-33(16)26)35-14-17-5-20(29)10-21(30)6-17/h5-11,13,16,24,26,34H,2-4,12,14-15H2,1H3/t16-,24+,26+/m1/s1. The SMILES string of the molecule is C[C@@H]1C[C@H](O)C[C@H]2c3cc(OCc4cc(F)cc(F)c4)c(OCc4cc(F)cc(F)c4)cc3CCN12. The number of ether oxygens (including phenoxy) is 2. The van der Waals surface area contributed by atoms with Crippen molar-refractivity contribution in [3.05, 3.63) is 94.1 Å². The van der Waals surface area contributed by atoms with Gasteiger partial charge in [0.1, 0.15) is 36.5 Å². The summed E-state index contributed by atoms with van der Waals surface area (Å²) < 4.78 is 66.6. The van der Waals surface area contributed by atoms with Crippen LogP contribution in [0.5, 0.6) is 11.5 Å². The van der Waals surface area contributed by atoms with Gasteiger partial charge in [-0.25, -0.2) is 17.6 Å². The lowest BCUT2D eigenvalue weighted by Gasteiger charge is -2.46. The smallest absolute Gasteiger partial charge is 0.162 e. The first-order valence-electron chi connectivity index (χ1n) is 12.0. The molecule has 2 aliphatic heterocycles. The Labute approximate surface area is 207 Å². The summed E-state index contributed by atoms with van der Waals surface area (Å²) in [5, 5.41) is 10.4. The van der Waals surface area contributed by atoms with Crippen molar-refractivity contribution in [3.8, 4) is 11.5 Å². The molecule has 3 aromatic carbocycles. The lowest BCUT2D eigenvalue weighted by Crippen LogP contribution is -2.48. The lowest BCUT2D eigenvalue weighted by molar-refractivity contribution is 0.000925. The van der Waals surface area contributed by atoms with Crippen molar-refractivity contribution in [2.75, 3.05) is 6.54 Å². The van der Waals surface area contributed by atoms with Crippen molar-refractivity contribution in [3.63, 3.8) is 0 Å². The largest absolute Gasteiger partial charge is 0.485 e. The van der Waals surface area contributed by atoms with Crippen LogP contribution in [0.15, 0.2) is 48.5 Å². The fourth-order valence-electron chi connectivity index (χ4n) is 5.34. The molecule has 3 atom stereocenters. The molecule has 0 aliphatic carbocycles. The maximum absolute atomic E-state index is 13.7. The summed E-state index contributed by atoms with van der Waals surface area (Å²) in [4.78, 5) is 2.37. The Morgan fingerprint density at radius 2 is 1.31 bits per heavy atom. The Bertz CT molecular complexity index is 1230. The van der Waals surface area contributed by atoms with Crippen LogP contribution < -0.4 is 9.47 Å². The zero-order chi connectivity index (χ0) is 25.4. The maximum Gasteiger partial charge on any atom is 0.162 e. The van der Waals surface area contributed by atoms with E-state index in [1.165, 1.54) is 24.3 Å². The minimum atomic E-state index is -0.704. The van der Waals surface area contributed by atoms with Gasteiger partial charge in [0.25, 0.3) is 0 Å². The molecule has 0 unspecified atom stereocenters. The van der Waals surface area contributed by atoms with Gasteiger partial charge in [0, 0.05) is 30.8 Å². The van der Waals surface area contributed by atoms with E-state index < -0.39 is 29.4 Å². The second-order valence-electron chi connectivity index (χ2n) is 9.61. The van der Waals surface area contributed by atoms with Crippen molar-refractivity contribution in [1.82, 2.24) is 4.90 Å². The first-order chi connectivity index (χ1) is 17.2. The van der Waals surface area contributed by atoms with Crippen LogP contribution in [0.3, 0.4) is 0 Å². The molecule has 0 aromatic heterocycles. The van der Waals surface area contributed by atoms with Crippen molar-refractivity contribution in [1.29, 1.82) is 0 Å². The van der Waals surface area contributed by atoms with Gasteiger partial charge in [-0.1, -0.05) is 0 Å². The van der Waals surface area contributed by atoms with Crippen LogP contribution in [0.2, 0.25) is 0 Å². The summed E-state index contributed by atoms with van der Waals surface area (Å²) in [6, 6.07) is 10.3. The second-order valence-corrected chi connectivity index (χ2v) is 9.61. The van der Waals surface area contributed by atoms with Gasteiger partial charge in [0.2, 0.25) is 0 Å². The molecule has 4 nitrogen and oxygen atoms in total. The van der Waals surface area contributed by atoms with Gasteiger partial charge >= 0.3 is 0 Å². The number of hydrogen-bond donors (Lipinski definition) is 1. The molecule has 1 saturated heterocycles. The number of aliphatic hydroxyl groups excluding tert-OH is 1. The normalized spacial score (nSPS) is 21.6. The molecule has 2 aliphatic rings. The van der Waals surface area contributed by atoms with Gasteiger partial charge in [-0.3, -0.25) is 4.90 Å². The third-order valence-electron chi connectivity index (χ3n) is 6.91. The van der Waals surface area contributed by atoms with Crippen LogP contribution in [0.25, 0.3) is 0 Å². The Morgan fingerprint density at radius 3 is 1.86 bits per heavy atom. The summed E-state index contributed by atoms with van der Waals surface area (Å²) in [6.45, 7) is 2.74. The first-order valence-corrected chi connectivity index (χ1v) is 12.0. The Balaban J connectivity index is 1.46. The van der Waals surface area contributed by atoms with Gasteiger partial charge < -0.3 is 14.6 Å². The summed E-state index contributed by atoms with van der Waals surface area (Å²) in [5.41, 5.74) is 2.68. The highest BCUT2D eigenvalue weighted by Gasteiger charge is 2.37. The monoisotopic (exact) mass is 501 g/mol. The minimum absolute atomic E-state index is 0.00725. The topological polar surface area (TPSA) is 41.9 Å². The molecule has 3 aromatic rings. The molecular weight excluding hydrogens is 474 g/mol. The molecule has 0 bridgehead atoms. The number of benzene rings is 3. The van der Waals surface area contributed by atoms with E-state index in [9.17, 15) is 22.7 Å². The molecule has 1 N–H and O–H groups in total. The van der Waals surface area contributed by atoms with Crippen LogP contribution in [0.4, 0.5) is 17.6 Å². The highest BCUT2D eigenvalue weighted by molar-refractivity contribution is 5.50. The zero-order valence-electron chi connectivity index (χ0n) is 19.8. The predicted molar refractivity (Wildman–Crippen MR) is 126 cm³/mol. The fraction of sp³-hybridized carbons (Fsp3) is 0.357. The molecular formula is C28H27F4NO3. The van der Waals surface area contributed by atoms with Gasteiger partial charge in [0.15, 0.2) is 11.5 Å². The zero-order valence-corrected chi connectivity index (χ0v) is 19.8. The maximum atomic E-state index is 13.7. The molecule has 0 saturated carbocycles. The first kappa shape index (κ1) is 24.6. The molecule has 0 radical (unpaired) electrons. The van der Waals surface area contributed by atoms with Gasteiger partial charge in [-0.15, -0.1) is 0 Å². The van der Waals surface area contributed by atoms with Crippen molar-refractivity contribution in [2.24, 2.45) is 0 Å². The highest BCUT2D eigenvalue weighted by atomic mass is 19.1. The van der Waals surface area contributed by atoms with E-state index in [2.05, 4.69) is 11.8 Å². The van der Waals surface area contributed by atoms with Crippen molar-refractivity contribution in [2.45, 2.75) is 57.6 Å². The lowest BCUT2D eigenvalue weighted by atomic mass is 9.83. The molecule has 8 heteroatoms. The van der Waals surface area contributed by atoms with E-state index in [4.69, 9.17) is 9.47 Å². The molecule has 0 spiro atoms. The van der Waals surface area contributed by atoms with Crippen molar-refractivity contribution < 1.29 is 32.1 Å². The van der Waals surface area contributed by atoms with E-state index in [1.54, 1.807) is 0 Å². The molecule has 5 rings (SSSR count). The van der Waals surface area contributed by atoms with E-state index in [0.29, 0.717) is 35.5 Å². The molecule has 190 valence electrons. The highest BCUT2D eigenvalue weighted by Crippen LogP contribution is 2.44. The number of fused-ring (bicyclic) bond motifs is 3. The summed E-state index contributed by atoms with van der Waals surface area (Å²) in [7, 11) is 0. The Hall–Kier alpha value is -3.10. The second kappa shape index (κ2) is 10.1. The summed E-state index contributed by atoms with van der Waals surface area (Å²) in [6.07, 6.45) is 1.66. The number of hydrogen-bond acceptors (Lipinski definition) is 4. The third kappa shape index (κ3) is 5.34. The van der Waals surface area contributed by atoms with Gasteiger partial charge in [-0.2, -0.15) is 0 Å². The number of piperidine rings is 1. The molecule has 0 amide bonds. The van der Waals surface area contributed by atoms with Crippen LogP contribution in [0.1, 0.15) is 48.1 Å². The quantitative estimate of drug-likeness (QED) is 0.431. The minimum Gasteiger partial charge on any atom is -0.485 e. The van der Waals surface area contributed by atoms with E-state index >= 15 is 0 Å². The van der Waals surface area contributed by atoms with Crippen molar-refractivity contribution >= 4 is 0 Å². The van der Waals surface area contributed by atoms with Gasteiger partial charge in [-0.05, 0) is 84.8 Å². The van der Waals surface area contributed by atoms with Crippen LogP contribution in [0, 0.1) is 23.3 Å².